The molecule has 192 valence electrons. The lowest BCUT2D eigenvalue weighted by Crippen LogP contribution is -2.34. The molecule has 2 atom stereocenters. The Labute approximate surface area is 199 Å². The van der Waals surface area contributed by atoms with Crippen molar-refractivity contribution in [2.45, 2.75) is 27.7 Å². The van der Waals surface area contributed by atoms with E-state index in [-0.39, 0.29) is 37.6 Å². The van der Waals surface area contributed by atoms with E-state index in [2.05, 4.69) is 10.2 Å². The first-order valence-corrected chi connectivity index (χ1v) is 16.2. The predicted octanol–water partition coefficient (Wildman–Crippen LogP) is 4.06. The maximum absolute atomic E-state index is 13.5. The number of nitrogens with one attached hydrogen (secondary N) is 2. The summed E-state index contributed by atoms with van der Waals surface area (Å²) in [7, 11) is -11.2. The molecule has 0 saturated heterocycles. The van der Waals surface area contributed by atoms with E-state index in [9.17, 15) is 23.3 Å². The first kappa shape index (κ1) is 29.0. The van der Waals surface area contributed by atoms with Crippen LogP contribution in [0.3, 0.4) is 0 Å². The molecule has 2 unspecified atom stereocenters. The molecule has 0 saturated carbocycles. The third kappa shape index (κ3) is 7.40. The minimum absolute atomic E-state index is 0.00366. The summed E-state index contributed by atoms with van der Waals surface area (Å²) >= 11 is 0. The molecule has 15 heteroatoms. The van der Waals surface area contributed by atoms with Gasteiger partial charge in [0.05, 0.1) is 43.8 Å². The van der Waals surface area contributed by atoms with Gasteiger partial charge in [0.25, 0.3) is 26.9 Å². The van der Waals surface area contributed by atoms with E-state index in [1.54, 1.807) is 39.8 Å². The summed E-state index contributed by atoms with van der Waals surface area (Å²) in [6.45, 7) is 6.78. The van der Waals surface area contributed by atoms with E-state index in [0.717, 1.165) is 4.90 Å². The van der Waals surface area contributed by atoms with Gasteiger partial charge in [0.2, 0.25) is 0 Å². The predicted molar refractivity (Wildman–Crippen MR) is 127 cm³/mol. The number of carbonyl (C=O) groups excluding carboxylic acids is 2. The maximum Gasteiger partial charge on any atom is 0.344 e. The van der Waals surface area contributed by atoms with Crippen molar-refractivity contribution in [3.8, 4) is 0 Å². The van der Waals surface area contributed by atoms with Crippen LogP contribution in [0.25, 0.3) is 0 Å². The number of imide groups is 1. The Morgan fingerprint density at radius 2 is 1.15 bits per heavy atom. The van der Waals surface area contributed by atoms with Crippen molar-refractivity contribution in [3.63, 3.8) is 0 Å². The first-order valence-electron chi connectivity index (χ1n) is 10.9. The molecule has 12 nitrogen and oxygen atoms in total. The number of carbonyl (C=O) groups is 2. The van der Waals surface area contributed by atoms with Crippen LogP contribution in [0, 0.1) is 0 Å². The fourth-order valence-electron chi connectivity index (χ4n) is 3.17. The molecule has 0 aliphatic carbocycles. The molecule has 2 rings (SSSR count). The second-order valence-corrected chi connectivity index (χ2v) is 13.5. The van der Waals surface area contributed by atoms with Gasteiger partial charge in [0.15, 0.2) is 0 Å². The van der Waals surface area contributed by atoms with Crippen molar-refractivity contribution < 1.29 is 41.4 Å². The molecule has 1 aliphatic rings. The minimum Gasteiger partial charge on any atom is -0.317 e. The number of fused-ring (bicyclic) bond motifs is 1. The van der Waals surface area contributed by atoms with Crippen LogP contribution in [-0.2, 0) is 31.8 Å². The van der Waals surface area contributed by atoms with E-state index in [0.29, 0.717) is 0 Å². The van der Waals surface area contributed by atoms with Crippen molar-refractivity contribution in [2.24, 2.45) is 0 Å². The lowest BCUT2D eigenvalue weighted by Gasteiger charge is -2.27. The molecule has 0 fully saturated rings. The number of amides is 2. The lowest BCUT2D eigenvalue weighted by atomic mass is 10.1. The molecule has 0 spiro atoms. The molecule has 1 aliphatic heterocycles. The van der Waals surface area contributed by atoms with Gasteiger partial charge in [-0.2, -0.15) is 0 Å². The van der Waals surface area contributed by atoms with Crippen LogP contribution >= 0.6 is 22.6 Å². The lowest BCUT2D eigenvalue weighted by molar-refractivity contribution is 0.0673. The Morgan fingerprint density at radius 3 is 1.62 bits per heavy atom. The van der Waals surface area contributed by atoms with Gasteiger partial charge in [0, 0.05) is 0 Å². The topological polar surface area (TPSA) is 150 Å². The zero-order valence-electron chi connectivity index (χ0n) is 19.7. The zero-order chi connectivity index (χ0) is 25.4. The number of hydrogen-bond donors (Lipinski definition) is 2. The summed E-state index contributed by atoms with van der Waals surface area (Å²) in [5, 5.41) is 5.16. The van der Waals surface area contributed by atoms with Crippen molar-refractivity contribution in [1.29, 1.82) is 0 Å². The molecule has 2 N–H and O–H groups in total. The minimum atomic E-state index is -3.87. The first-order chi connectivity index (χ1) is 16.1. The summed E-state index contributed by atoms with van der Waals surface area (Å²) in [4.78, 5) is 26.2. The average Bonchev–Trinajstić information content (AvgIpc) is 3.02. The number of rotatable bonds is 16. The molecule has 0 aromatic heterocycles. The molecular weight excluding hydrogens is 507 g/mol. The molecule has 1 aromatic carbocycles. The van der Waals surface area contributed by atoms with Crippen molar-refractivity contribution in [3.05, 3.63) is 35.4 Å². The summed E-state index contributed by atoms with van der Waals surface area (Å²) in [6.07, 6.45) is -1.44. The Morgan fingerprint density at radius 1 is 0.706 bits per heavy atom. The number of benzene rings is 1. The monoisotopic (exact) mass is 539 g/mol. The van der Waals surface area contributed by atoms with Gasteiger partial charge in [-0.15, -0.1) is 0 Å². The Kier molecular flexibility index (Phi) is 10.8. The van der Waals surface area contributed by atoms with Gasteiger partial charge < -0.3 is 18.1 Å². The number of nitrogens with zero attached hydrogens (tertiary/aromatic N) is 1. The molecule has 1 aromatic rings. The SMILES string of the molecule is CCOP(=O)(CNP(=O)(CN1C(=O)c2ccccc2C1=O)OCC)NCP(=O)(OCC)OCC. The molecular formula is C19H32N3O9P3. The fraction of sp³-hybridized carbons (Fsp3) is 0.579. The van der Waals surface area contributed by atoms with Gasteiger partial charge in [-0.3, -0.25) is 28.2 Å². The Hall–Kier alpha value is -1.19. The van der Waals surface area contributed by atoms with Gasteiger partial charge in [-0.1, -0.05) is 12.1 Å². The summed E-state index contributed by atoms with van der Waals surface area (Å²) in [6, 6.07) is 6.27. The van der Waals surface area contributed by atoms with Gasteiger partial charge in [-0.25, -0.2) is 10.2 Å². The smallest absolute Gasteiger partial charge is 0.317 e. The number of hydrogen-bond acceptors (Lipinski definition) is 9. The van der Waals surface area contributed by atoms with Gasteiger partial charge in [0.1, 0.15) is 12.6 Å². The summed E-state index contributed by atoms with van der Waals surface area (Å²) in [5.74, 6) is -1.19. The maximum atomic E-state index is 13.5. The average molecular weight is 539 g/mol. The van der Waals surface area contributed by atoms with E-state index in [1.807, 2.05) is 0 Å². The van der Waals surface area contributed by atoms with E-state index in [4.69, 9.17) is 18.1 Å². The van der Waals surface area contributed by atoms with Crippen molar-refractivity contribution >= 4 is 34.4 Å². The molecule has 34 heavy (non-hydrogen) atoms. The summed E-state index contributed by atoms with van der Waals surface area (Å²) < 4.78 is 60.6. The quantitative estimate of drug-likeness (QED) is 0.231. The van der Waals surface area contributed by atoms with E-state index < -0.39 is 53.3 Å². The highest BCUT2D eigenvalue weighted by atomic mass is 31.2. The highest BCUT2D eigenvalue weighted by molar-refractivity contribution is 7.61. The largest absolute Gasteiger partial charge is 0.344 e. The highest BCUT2D eigenvalue weighted by Gasteiger charge is 2.41. The van der Waals surface area contributed by atoms with Gasteiger partial charge >= 0.3 is 7.60 Å². The Bertz CT molecular complexity index is 975. The van der Waals surface area contributed by atoms with Gasteiger partial charge in [-0.05, 0) is 39.8 Å². The van der Waals surface area contributed by atoms with Crippen molar-refractivity contribution in [1.82, 2.24) is 15.1 Å². The third-order valence-electron chi connectivity index (χ3n) is 4.56. The Balaban J connectivity index is 2.15. The van der Waals surface area contributed by atoms with E-state index in [1.165, 1.54) is 12.1 Å². The fourth-order valence-corrected chi connectivity index (χ4v) is 9.41. The van der Waals surface area contributed by atoms with Crippen LogP contribution in [-0.4, -0.2) is 62.0 Å². The standard InChI is InChI=1S/C19H32N3O9P3/c1-5-28-32(25,21-14-34(27,30-7-3)31-8-4)13-20-33(26,29-6-2)15-22-18(23)16-11-9-10-12-17(16)19(22)24/h9-12H,5-8,13-15H2,1-4H3,(H,20,26)(H,21,25). The van der Waals surface area contributed by atoms with Crippen LogP contribution < -0.4 is 10.2 Å². The molecule has 1 heterocycles. The van der Waals surface area contributed by atoms with Crippen LogP contribution in [0.2, 0.25) is 0 Å². The third-order valence-corrected chi connectivity index (χ3v) is 10.8. The van der Waals surface area contributed by atoms with Crippen LogP contribution in [0.4, 0.5) is 0 Å². The second-order valence-electron chi connectivity index (χ2n) is 6.99. The van der Waals surface area contributed by atoms with Crippen LogP contribution in [0.15, 0.2) is 24.3 Å². The summed E-state index contributed by atoms with van der Waals surface area (Å²) in [5.41, 5.74) is 0.416. The normalized spacial score (nSPS) is 17.5. The second kappa shape index (κ2) is 12.7. The molecule has 0 bridgehead atoms. The van der Waals surface area contributed by atoms with Crippen LogP contribution in [0.1, 0.15) is 48.4 Å². The van der Waals surface area contributed by atoms with Crippen LogP contribution in [0.5, 0.6) is 0 Å². The highest BCUT2D eigenvalue weighted by Crippen LogP contribution is 2.53. The van der Waals surface area contributed by atoms with E-state index >= 15 is 0 Å². The molecule has 2 amide bonds. The zero-order valence-corrected chi connectivity index (χ0v) is 22.4. The molecule has 0 radical (unpaired) electrons. The van der Waals surface area contributed by atoms with Crippen molar-refractivity contribution in [2.75, 3.05) is 45.3 Å².